The molecule has 0 spiro atoms. The molecular weight excluding hydrogens is 238 g/mol. The predicted molar refractivity (Wildman–Crippen MR) is 77.9 cm³/mol. The Labute approximate surface area is 115 Å². The summed E-state index contributed by atoms with van der Waals surface area (Å²) in [6.45, 7) is 3.06. The maximum atomic E-state index is 12.1. The number of anilines is 1. The van der Waals surface area contributed by atoms with Gasteiger partial charge in [-0.25, -0.2) is 0 Å². The summed E-state index contributed by atoms with van der Waals surface area (Å²) in [6.07, 6.45) is 8.17. The normalized spacial score (nSPS) is 23.3. The average Bonchev–Trinajstić information content (AvgIpc) is 2.75. The van der Waals surface area contributed by atoms with Gasteiger partial charge in [-0.05, 0) is 30.7 Å². The Morgan fingerprint density at radius 3 is 2.53 bits per heavy atom. The van der Waals surface area contributed by atoms with Crippen LogP contribution in [0, 0.1) is 11.8 Å². The van der Waals surface area contributed by atoms with Crippen molar-refractivity contribution in [3.05, 3.63) is 18.0 Å². The summed E-state index contributed by atoms with van der Waals surface area (Å²) in [7, 11) is 1.84. The molecule has 19 heavy (non-hydrogen) atoms. The molecular formula is C15H25N3O. The number of aryl methyl sites for hydroxylation is 1. The minimum absolute atomic E-state index is 0.0168. The minimum Gasteiger partial charge on any atom is -0.397 e. The van der Waals surface area contributed by atoms with Crippen molar-refractivity contribution in [1.29, 1.82) is 0 Å². The van der Waals surface area contributed by atoms with Crippen molar-refractivity contribution < 1.29 is 4.79 Å². The smallest absolute Gasteiger partial charge is 0.267 e. The summed E-state index contributed by atoms with van der Waals surface area (Å²) >= 11 is 0. The van der Waals surface area contributed by atoms with Gasteiger partial charge in [0.1, 0.15) is 5.69 Å². The number of nitrogens with zero attached hydrogens (tertiary/aromatic N) is 1. The number of nitrogens with two attached hydrogens (primary N) is 1. The van der Waals surface area contributed by atoms with E-state index in [-0.39, 0.29) is 5.91 Å². The third-order valence-electron chi connectivity index (χ3n) is 4.35. The maximum absolute atomic E-state index is 12.1. The fourth-order valence-electron chi connectivity index (χ4n) is 2.99. The lowest BCUT2D eigenvalue weighted by atomic mass is 9.81. The molecule has 1 aliphatic carbocycles. The molecule has 0 unspecified atom stereocenters. The highest BCUT2D eigenvalue weighted by Gasteiger charge is 2.21. The predicted octanol–water partition coefficient (Wildman–Crippen LogP) is 2.55. The number of rotatable bonds is 4. The van der Waals surface area contributed by atoms with E-state index in [9.17, 15) is 4.79 Å². The van der Waals surface area contributed by atoms with E-state index in [1.54, 1.807) is 16.8 Å². The summed E-state index contributed by atoms with van der Waals surface area (Å²) < 4.78 is 1.78. The van der Waals surface area contributed by atoms with Gasteiger partial charge in [0.05, 0.1) is 5.69 Å². The Hall–Kier alpha value is -1.45. The van der Waals surface area contributed by atoms with Crippen LogP contribution >= 0.6 is 0 Å². The van der Waals surface area contributed by atoms with E-state index in [1.165, 1.54) is 32.1 Å². The van der Waals surface area contributed by atoms with Crippen LogP contribution in [0.4, 0.5) is 5.69 Å². The number of amides is 1. The molecule has 1 aromatic rings. The third-order valence-corrected chi connectivity index (χ3v) is 4.35. The van der Waals surface area contributed by atoms with Gasteiger partial charge in [-0.15, -0.1) is 0 Å². The number of nitrogens with one attached hydrogen (secondary N) is 1. The van der Waals surface area contributed by atoms with Gasteiger partial charge in [-0.2, -0.15) is 0 Å². The number of aromatic nitrogens is 1. The van der Waals surface area contributed by atoms with Crippen LogP contribution in [0.2, 0.25) is 0 Å². The van der Waals surface area contributed by atoms with Crippen molar-refractivity contribution in [1.82, 2.24) is 9.88 Å². The summed E-state index contributed by atoms with van der Waals surface area (Å²) in [4.78, 5) is 12.1. The van der Waals surface area contributed by atoms with Crippen molar-refractivity contribution in [2.75, 3.05) is 12.3 Å². The first-order valence-electron chi connectivity index (χ1n) is 7.30. The number of hydrogen-bond acceptors (Lipinski definition) is 2. The van der Waals surface area contributed by atoms with Gasteiger partial charge in [0.25, 0.3) is 5.91 Å². The lowest BCUT2D eigenvalue weighted by Gasteiger charge is -2.27. The lowest BCUT2D eigenvalue weighted by molar-refractivity contribution is 0.0933. The lowest BCUT2D eigenvalue weighted by Crippen LogP contribution is -2.32. The molecule has 1 heterocycles. The fraction of sp³-hybridized carbons (Fsp3) is 0.667. The molecule has 1 fully saturated rings. The van der Waals surface area contributed by atoms with Crippen LogP contribution in [0.5, 0.6) is 0 Å². The molecule has 1 aromatic heterocycles. The molecule has 0 aliphatic heterocycles. The minimum atomic E-state index is -0.0168. The molecule has 106 valence electrons. The van der Waals surface area contributed by atoms with E-state index in [2.05, 4.69) is 12.2 Å². The standard InChI is InChI=1S/C15H25N3O/c1-3-11-4-6-12(7-5-11)9-17-15(19)14-8-13(16)10-18(14)2/h8,10-12H,3-7,9,16H2,1-2H3,(H,17,19). The van der Waals surface area contributed by atoms with Crippen LogP contribution in [-0.2, 0) is 7.05 Å². The molecule has 0 bridgehead atoms. The second-order valence-corrected chi connectivity index (χ2v) is 5.77. The zero-order valence-electron chi connectivity index (χ0n) is 12.0. The van der Waals surface area contributed by atoms with E-state index in [0.29, 0.717) is 17.3 Å². The summed E-state index contributed by atoms with van der Waals surface area (Å²) in [5.41, 5.74) is 6.96. The van der Waals surface area contributed by atoms with Crippen molar-refractivity contribution in [3.63, 3.8) is 0 Å². The Bertz CT molecular complexity index is 431. The second-order valence-electron chi connectivity index (χ2n) is 5.77. The molecule has 0 atom stereocenters. The summed E-state index contributed by atoms with van der Waals surface area (Å²) in [5, 5.41) is 3.04. The highest BCUT2D eigenvalue weighted by molar-refractivity contribution is 5.93. The third kappa shape index (κ3) is 3.52. The molecule has 0 aromatic carbocycles. The second kappa shape index (κ2) is 6.13. The zero-order chi connectivity index (χ0) is 13.8. The number of carbonyl (C=O) groups excluding carboxylic acids is 1. The Morgan fingerprint density at radius 1 is 1.37 bits per heavy atom. The van der Waals surface area contributed by atoms with Crippen molar-refractivity contribution in [2.24, 2.45) is 18.9 Å². The Balaban J connectivity index is 1.80. The molecule has 2 rings (SSSR count). The molecule has 1 saturated carbocycles. The van der Waals surface area contributed by atoms with Crippen LogP contribution in [-0.4, -0.2) is 17.0 Å². The Morgan fingerprint density at radius 2 is 2.00 bits per heavy atom. The molecule has 4 heteroatoms. The number of nitrogen functional groups attached to an aromatic ring is 1. The van der Waals surface area contributed by atoms with E-state index < -0.39 is 0 Å². The first kappa shape index (κ1) is 14.0. The fourth-order valence-corrected chi connectivity index (χ4v) is 2.99. The van der Waals surface area contributed by atoms with E-state index in [4.69, 9.17) is 5.73 Å². The average molecular weight is 263 g/mol. The van der Waals surface area contributed by atoms with Crippen LogP contribution in [0.25, 0.3) is 0 Å². The van der Waals surface area contributed by atoms with E-state index in [1.807, 2.05) is 7.05 Å². The number of hydrogen-bond donors (Lipinski definition) is 2. The summed E-state index contributed by atoms with van der Waals surface area (Å²) in [5.74, 6) is 1.53. The molecule has 0 saturated heterocycles. The topological polar surface area (TPSA) is 60.1 Å². The van der Waals surface area contributed by atoms with Crippen molar-refractivity contribution in [2.45, 2.75) is 39.0 Å². The van der Waals surface area contributed by atoms with Gasteiger partial charge in [0.2, 0.25) is 0 Å². The molecule has 4 nitrogen and oxygen atoms in total. The first-order valence-corrected chi connectivity index (χ1v) is 7.30. The van der Waals surface area contributed by atoms with Crippen molar-refractivity contribution >= 4 is 11.6 Å². The molecule has 3 N–H and O–H groups in total. The molecule has 1 aliphatic rings. The van der Waals surface area contributed by atoms with Crippen LogP contribution < -0.4 is 11.1 Å². The zero-order valence-corrected chi connectivity index (χ0v) is 12.0. The van der Waals surface area contributed by atoms with Gasteiger partial charge < -0.3 is 15.6 Å². The quantitative estimate of drug-likeness (QED) is 0.877. The van der Waals surface area contributed by atoms with Crippen LogP contribution in [0.3, 0.4) is 0 Å². The van der Waals surface area contributed by atoms with Gasteiger partial charge in [-0.1, -0.05) is 26.2 Å². The highest BCUT2D eigenvalue weighted by atomic mass is 16.1. The largest absolute Gasteiger partial charge is 0.397 e. The van der Waals surface area contributed by atoms with Gasteiger partial charge in [0, 0.05) is 19.8 Å². The van der Waals surface area contributed by atoms with Gasteiger partial charge in [-0.3, -0.25) is 4.79 Å². The number of carbonyl (C=O) groups is 1. The van der Waals surface area contributed by atoms with Crippen LogP contribution in [0.15, 0.2) is 12.3 Å². The van der Waals surface area contributed by atoms with Crippen molar-refractivity contribution in [3.8, 4) is 0 Å². The summed E-state index contributed by atoms with van der Waals surface area (Å²) in [6, 6.07) is 1.73. The van der Waals surface area contributed by atoms with E-state index >= 15 is 0 Å². The van der Waals surface area contributed by atoms with Gasteiger partial charge >= 0.3 is 0 Å². The Kier molecular flexibility index (Phi) is 4.51. The maximum Gasteiger partial charge on any atom is 0.267 e. The molecule has 1 amide bonds. The van der Waals surface area contributed by atoms with Gasteiger partial charge in [0.15, 0.2) is 0 Å². The first-order chi connectivity index (χ1) is 9.10. The highest BCUT2D eigenvalue weighted by Crippen LogP contribution is 2.30. The van der Waals surface area contributed by atoms with Crippen LogP contribution in [0.1, 0.15) is 49.5 Å². The SMILES string of the molecule is CCC1CCC(CNC(=O)c2cc(N)cn2C)CC1. The van der Waals surface area contributed by atoms with E-state index in [0.717, 1.165) is 12.5 Å². The monoisotopic (exact) mass is 263 g/mol. The molecule has 0 radical (unpaired) electrons.